The molecule has 0 aromatic heterocycles. The lowest BCUT2D eigenvalue weighted by Crippen LogP contribution is -2.15. The van der Waals surface area contributed by atoms with Gasteiger partial charge in [0.1, 0.15) is 11.4 Å². The molecular formula is C14H13FO3. The first-order chi connectivity index (χ1) is 8.61. The molecule has 1 aromatic carbocycles. The van der Waals surface area contributed by atoms with E-state index in [0.29, 0.717) is 5.56 Å². The van der Waals surface area contributed by atoms with E-state index in [1.165, 1.54) is 37.5 Å². The van der Waals surface area contributed by atoms with Gasteiger partial charge in [-0.05, 0) is 36.6 Å². The number of benzene rings is 1. The van der Waals surface area contributed by atoms with Gasteiger partial charge in [0, 0.05) is 5.92 Å². The van der Waals surface area contributed by atoms with Gasteiger partial charge in [-0.3, -0.25) is 4.79 Å². The molecule has 0 heterocycles. The van der Waals surface area contributed by atoms with Gasteiger partial charge in [-0.15, -0.1) is 0 Å². The van der Waals surface area contributed by atoms with Crippen LogP contribution in [0.5, 0.6) is 0 Å². The summed E-state index contributed by atoms with van der Waals surface area (Å²) < 4.78 is 17.4. The number of Topliss-reactive ketones (excluding diaryl/α,β-unsaturated/α-hetero) is 1. The highest BCUT2D eigenvalue weighted by Gasteiger charge is 2.34. The Morgan fingerprint density at radius 2 is 1.89 bits per heavy atom. The molecule has 1 aliphatic carbocycles. The van der Waals surface area contributed by atoms with Crippen molar-refractivity contribution in [2.75, 3.05) is 7.11 Å². The van der Waals surface area contributed by atoms with Crippen molar-refractivity contribution < 1.29 is 18.7 Å². The third kappa shape index (κ3) is 2.83. The van der Waals surface area contributed by atoms with Gasteiger partial charge in [-0.25, -0.2) is 9.18 Å². The average molecular weight is 248 g/mol. The van der Waals surface area contributed by atoms with Crippen molar-refractivity contribution >= 4 is 17.8 Å². The van der Waals surface area contributed by atoms with Gasteiger partial charge in [0.2, 0.25) is 0 Å². The maximum absolute atomic E-state index is 12.8. The van der Waals surface area contributed by atoms with Gasteiger partial charge in [0.15, 0.2) is 5.78 Å². The van der Waals surface area contributed by atoms with Crippen LogP contribution in [-0.2, 0) is 14.3 Å². The molecule has 0 unspecified atom stereocenters. The zero-order valence-electron chi connectivity index (χ0n) is 9.98. The second-order valence-electron chi connectivity index (χ2n) is 4.24. The molecule has 0 bridgehead atoms. The predicted octanol–water partition coefficient (Wildman–Crippen LogP) is 2.36. The van der Waals surface area contributed by atoms with Crippen LogP contribution in [0.2, 0.25) is 0 Å². The van der Waals surface area contributed by atoms with Crippen molar-refractivity contribution in [2.45, 2.75) is 12.8 Å². The molecule has 0 spiro atoms. The highest BCUT2D eigenvalue weighted by molar-refractivity contribution is 6.21. The largest absolute Gasteiger partial charge is 0.465 e. The molecule has 1 saturated carbocycles. The molecule has 0 saturated heterocycles. The van der Waals surface area contributed by atoms with Crippen molar-refractivity contribution in [2.24, 2.45) is 5.92 Å². The Balaban J connectivity index is 2.30. The van der Waals surface area contributed by atoms with Crippen LogP contribution in [-0.4, -0.2) is 18.9 Å². The number of halogens is 1. The molecule has 0 aliphatic heterocycles. The average Bonchev–Trinajstić information content (AvgIpc) is 3.20. The van der Waals surface area contributed by atoms with Crippen LogP contribution < -0.4 is 0 Å². The van der Waals surface area contributed by atoms with Gasteiger partial charge >= 0.3 is 5.97 Å². The second kappa shape index (κ2) is 5.12. The molecule has 2 rings (SSSR count). The number of methoxy groups -OCH3 is 1. The quantitative estimate of drug-likeness (QED) is 0.355. The smallest absolute Gasteiger partial charge is 0.341 e. The molecule has 1 aromatic rings. The molecule has 18 heavy (non-hydrogen) atoms. The molecular weight excluding hydrogens is 235 g/mol. The summed E-state index contributed by atoms with van der Waals surface area (Å²) in [5.41, 5.74) is 0.636. The fourth-order valence-electron chi connectivity index (χ4n) is 1.63. The number of esters is 1. The molecule has 3 nitrogen and oxygen atoms in total. The summed E-state index contributed by atoms with van der Waals surface area (Å²) in [5.74, 6) is -1.25. The maximum Gasteiger partial charge on any atom is 0.341 e. The lowest BCUT2D eigenvalue weighted by Gasteiger charge is -2.04. The topological polar surface area (TPSA) is 43.4 Å². The van der Waals surface area contributed by atoms with Crippen molar-refractivity contribution in [1.82, 2.24) is 0 Å². The highest BCUT2D eigenvalue weighted by Crippen LogP contribution is 2.33. The van der Waals surface area contributed by atoms with Crippen molar-refractivity contribution in [3.05, 3.63) is 41.2 Å². The Bertz CT molecular complexity index is 498. The van der Waals surface area contributed by atoms with Crippen molar-refractivity contribution in [1.29, 1.82) is 0 Å². The van der Waals surface area contributed by atoms with Gasteiger partial charge in [-0.2, -0.15) is 0 Å². The predicted molar refractivity (Wildman–Crippen MR) is 64.1 cm³/mol. The lowest BCUT2D eigenvalue weighted by molar-refractivity contribution is -0.137. The van der Waals surface area contributed by atoms with E-state index in [1.807, 2.05) is 0 Å². The van der Waals surface area contributed by atoms with Crippen LogP contribution in [0.15, 0.2) is 29.8 Å². The van der Waals surface area contributed by atoms with E-state index in [0.717, 1.165) is 12.8 Å². The van der Waals surface area contributed by atoms with Crippen molar-refractivity contribution in [3.63, 3.8) is 0 Å². The molecule has 0 atom stereocenters. The summed E-state index contributed by atoms with van der Waals surface area (Å²) in [6.45, 7) is 0. The van der Waals surface area contributed by atoms with Gasteiger partial charge in [0.05, 0.1) is 7.11 Å². The van der Waals surface area contributed by atoms with Crippen LogP contribution in [0.1, 0.15) is 18.4 Å². The van der Waals surface area contributed by atoms with E-state index in [2.05, 4.69) is 4.74 Å². The fourth-order valence-corrected chi connectivity index (χ4v) is 1.63. The summed E-state index contributed by atoms with van der Waals surface area (Å²) in [4.78, 5) is 23.5. The van der Waals surface area contributed by atoms with Crippen LogP contribution in [0.25, 0.3) is 6.08 Å². The SMILES string of the molecule is COC(=O)C(=Cc1ccc(F)cc1)C(=O)C1CC1. The zero-order chi connectivity index (χ0) is 13.1. The van der Waals surface area contributed by atoms with Gasteiger partial charge < -0.3 is 4.74 Å². The third-order valence-corrected chi connectivity index (χ3v) is 2.80. The minimum absolute atomic E-state index is 0.0339. The Morgan fingerprint density at radius 3 is 2.39 bits per heavy atom. The number of rotatable bonds is 4. The Kier molecular flexibility index (Phi) is 3.55. The third-order valence-electron chi connectivity index (χ3n) is 2.80. The Labute approximate surface area is 104 Å². The van der Waals surface area contributed by atoms with E-state index in [1.54, 1.807) is 0 Å². The van der Waals surface area contributed by atoms with E-state index in [4.69, 9.17) is 0 Å². The van der Waals surface area contributed by atoms with Crippen LogP contribution in [0.4, 0.5) is 4.39 Å². The normalized spacial score (nSPS) is 15.3. The number of carbonyl (C=O) groups excluding carboxylic acids is 2. The fraction of sp³-hybridized carbons (Fsp3) is 0.286. The standard InChI is InChI=1S/C14H13FO3/c1-18-14(17)12(13(16)10-4-5-10)8-9-2-6-11(15)7-3-9/h2-3,6-8,10H,4-5H2,1H3. The Morgan fingerprint density at radius 1 is 1.28 bits per heavy atom. The van der Waals surface area contributed by atoms with Crippen molar-refractivity contribution in [3.8, 4) is 0 Å². The molecule has 0 amide bonds. The summed E-state index contributed by atoms with van der Waals surface area (Å²) in [5, 5.41) is 0. The van der Waals surface area contributed by atoms with Crippen LogP contribution in [0.3, 0.4) is 0 Å². The molecule has 1 aliphatic rings. The number of hydrogen-bond donors (Lipinski definition) is 0. The minimum Gasteiger partial charge on any atom is -0.465 e. The first kappa shape index (κ1) is 12.5. The summed E-state index contributed by atoms with van der Waals surface area (Å²) in [6.07, 6.45) is 3.08. The first-order valence-electron chi connectivity index (χ1n) is 5.71. The summed E-state index contributed by atoms with van der Waals surface area (Å²) in [6, 6.07) is 5.58. The summed E-state index contributed by atoms with van der Waals surface area (Å²) in [7, 11) is 1.24. The molecule has 0 N–H and O–H groups in total. The van der Waals surface area contributed by atoms with Crippen LogP contribution >= 0.6 is 0 Å². The van der Waals surface area contributed by atoms with E-state index >= 15 is 0 Å². The van der Waals surface area contributed by atoms with Crippen LogP contribution in [0, 0.1) is 11.7 Å². The number of hydrogen-bond acceptors (Lipinski definition) is 3. The highest BCUT2D eigenvalue weighted by atomic mass is 19.1. The zero-order valence-corrected chi connectivity index (χ0v) is 9.98. The van der Waals surface area contributed by atoms with E-state index < -0.39 is 5.97 Å². The molecule has 4 heteroatoms. The first-order valence-corrected chi connectivity index (χ1v) is 5.71. The lowest BCUT2D eigenvalue weighted by atomic mass is 10.0. The number of ketones is 1. The second-order valence-corrected chi connectivity index (χ2v) is 4.24. The van der Waals surface area contributed by atoms with Gasteiger partial charge in [-0.1, -0.05) is 12.1 Å². The van der Waals surface area contributed by atoms with Gasteiger partial charge in [0.25, 0.3) is 0 Å². The summed E-state index contributed by atoms with van der Waals surface area (Å²) >= 11 is 0. The molecule has 94 valence electrons. The Hall–Kier alpha value is -1.97. The number of ether oxygens (including phenoxy) is 1. The maximum atomic E-state index is 12.8. The minimum atomic E-state index is -0.642. The molecule has 0 radical (unpaired) electrons. The number of carbonyl (C=O) groups is 2. The van der Waals surface area contributed by atoms with E-state index in [-0.39, 0.29) is 23.1 Å². The van der Waals surface area contributed by atoms with E-state index in [9.17, 15) is 14.0 Å². The monoisotopic (exact) mass is 248 g/mol. The molecule has 1 fully saturated rings.